The van der Waals surface area contributed by atoms with Gasteiger partial charge in [-0.2, -0.15) is 0 Å². The number of aliphatic hydroxyl groups is 1. The summed E-state index contributed by atoms with van der Waals surface area (Å²) in [7, 11) is 3.41. The second-order valence-electron chi connectivity index (χ2n) is 9.53. The fraction of sp³-hybridized carbons (Fsp3) is 0.379. The number of fused-ring (bicyclic) bond motifs is 4. The molecule has 6 rings (SSSR count). The van der Waals surface area contributed by atoms with Crippen molar-refractivity contribution in [2.45, 2.75) is 31.0 Å². The minimum absolute atomic E-state index is 0.0474. The Bertz CT molecular complexity index is 1300. The SMILES string of the molecule is COc1ccc2c3c(sc2c1)C1=C(CC(OC)C=C1)C3(O)c1ccc(OCCN2CCCC2)cc1. The van der Waals surface area contributed by atoms with E-state index in [-0.39, 0.29) is 6.10 Å². The van der Waals surface area contributed by atoms with Gasteiger partial charge in [0.25, 0.3) is 0 Å². The Morgan fingerprint density at radius 2 is 1.83 bits per heavy atom. The monoisotopic (exact) mass is 489 g/mol. The molecule has 5 nitrogen and oxygen atoms in total. The van der Waals surface area contributed by atoms with Gasteiger partial charge in [0, 0.05) is 40.6 Å². The summed E-state index contributed by atoms with van der Waals surface area (Å²) in [5.41, 5.74) is 2.73. The van der Waals surface area contributed by atoms with Gasteiger partial charge in [-0.1, -0.05) is 24.3 Å². The van der Waals surface area contributed by atoms with Crippen LogP contribution in [0.15, 0.2) is 60.2 Å². The Morgan fingerprint density at radius 1 is 1.06 bits per heavy atom. The average Bonchev–Trinajstić information content (AvgIpc) is 3.60. The molecule has 0 saturated carbocycles. The lowest BCUT2D eigenvalue weighted by Crippen LogP contribution is -2.30. The quantitative estimate of drug-likeness (QED) is 0.484. The molecule has 1 saturated heterocycles. The summed E-state index contributed by atoms with van der Waals surface area (Å²) in [6, 6.07) is 14.1. The van der Waals surface area contributed by atoms with E-state index in [0.29, 0.717) is 13.0 Å². The van der Waals surface area contributed by atoms with Crippen LogP contribution in [0.4, 0.5) is 0 Å². The smallest absolute Gasteiger partial charge is 0.139 e. The largest absolute Gasteiger partial charge is 0.497 e. The van der Waals surface area contributed by atoms with Crippen LogP contribution in [0.5, 0.6) is 11.5 Å². The molecule has 35 heavy (non-hydrogen) atoms. The van der Waals surface area contributed by atoms with Crippen LogP contribution < -0.4 is 9.47 Å². The van der Waals surface area contributed by atoms with Gasteiger partial charge in [-0.25, -0.2) is 0 Å². The van der Waals surface area contributed by atoms with Crippen LogP contribution in [0.1, 0.15) is 35.3 Å². The molecule has 0 spiro atoms. The number of hydrogen-bond donors (Lipinski definition) is 1. The number of allylic oxidation sites excluding steroid dienone is 2. The number of benzene rings is 2. The molecular weight excluding hydrogens is 458 g/mol. The molecule has 1 aliphatic heterocycles. The maximum absolute atomic E-state index is 12.5. The van der Waals surface area contributed by atoms with Crippen molar-refractivity contribution in [1.82, 2.24) is 4.90 Å². The highest BCUT2D eigenvalue weighted by Gasteiger charge is 2.48. The molecule has 1 N–H and O–H groups in total. The third-order valence-corrected chi connectivity index (χ3v) is 8.78. The Kier molecular flexibility index (Phi) is 5.93. The molecule has 2 unspecified atom stereocenters. The van der Waals surface area contributed by atoms with Gasteiger partial charge < -0.3 is 19.3 Å². The first-order chi connectivity index (χ1) is 17.1. The molecule has 6 heteroatoms. The molecular formula is C29H31NO4S. The molecule has 2 aliphatic carbocycles. The van der Waals surface area contributed by atoms with Crippen LogP contribution >= 0.6 is 11.3 Å². The lowest BCUT2D eigenvalue weighted by Gasteiger charge is -2.31. The number of nitrogens with zero attached hydrogens (tertiary/aromatic N) is 1. The Labute approximate surface area is 210 Å². The van der Waals surface area contributed by atoms with Gasteiger partial charge in [-0.3, -0.25) is 4.90 Å². The van der Waals surface area contributed by atoms with Gasteiger partial charge in [0.05, 0.1) is 13.2 Å². The maximum atomic E-state index is 12.5. The van der Waals surface area contributed by atoms with Crippen LogP contribution in [0.3, 0.4) is 0 Å². The van der Waals surface area contributed by atoms with Crippen molar-refractivity contribution in [3.8, 4) is 11.5 Å². The number of rotatable bonds is 7. The first-order valence-electron chi connectivity index (χ1n) is 12.4. The second-order valence-corrected chi connectivity index (χ2v) is 10.6. The Morgan fingerprint density at radius 3 is 2.57 bits per heavy atom. The lowest BCUT2D eigenvalue weighted by molar-refractivity contribution is 0.0971. The first kappa shape index (κ1) is 22.8. The van der Waals surface area contributed by atoms with Crippen LogP contribution in [-0.2, 0) is 10.3 Å². The third kappa shape index (κ3) is 3.80. The third-order valence-electron chi connectivity index (χ3n) is 7.60. The van der Waals surface area contributed by atoms with Crippen molar-refractivity contribution in [1.29, 1.82) is 0 Å². The fourth-order valence-electron chi connectivity index (χ4n) is 5.71. The van der Waals surface area contributed by atoms with Crippen molar-refractivity contribution in [2.24, 2.45) is 0 Å². The predicted molar refractivity (Wildman–Crippen MR) is 140 cm³/mol. The number of hydrogen-bond acceptors (Lipinski definition) is 6. The highest BCUT2D eigenvalue weighted by molar-refractivity contribution is 7.20. The average molecular weight is 490 g/mol. The van der Waals surface area contributed by atoms with Gasteiger partial charge in [0.15, 0.2) is 0 Å². The van der Waals surface area contributed by atoms with E-state index in [0.717, 1.165) is 55.3 Å². The zero-order valence-corrected chi connectivity index (χ0v) is 21.1. The van der Waals surface area contributed by atoms with E-state index < -0.39 is 5.60 Å². The number of likely N-dealkylation sites (tertiary alicyclic amines) is 1. The van der Waals surface area contributed by atoms with E-state index in [1.807, 2.05) is 30.3 Å². The normalized spacial score (nSPS) is 23.7. The summed E-state index contributed by atoms with van der Waals surface area (Å²) in [5, 5.41) is 13.6. The van der Waals surface area contributed by atoms with Gasteiger partial charge in [-0.05, 0) is 73.0 Å². The molecule has 0 bridgehead atoms. The van der Waals surface area contributed by atoms with E-state index in [1.165, 1.54) is 25.9 Å². The molecule has 2 atom stereocenters. The van der Waals surface area contributed by atoms with E-state index in [4.69, 9.17) is 14.2 Å². The fourth-order valence-corrected chi connectivity index (χ4v) is 7.05. The number of thiophene rings is 1. The predicted octanol–water partition coefficient (Wildman–Crippen LogP) is 5.36. The molecule has 2 aromatic carbocycles. The minimum Gasteiger partial charge on any atom is -0.497 e. The molecule has 3 aromatic rings. The number of ether oxygens (including phenoxy) is 3. The van der Waals surface area contributed by atoms with Gasteiger partial charge in [0.1, 0.15) is 23.7 Å². The molecule has 1 aromatic heterocycles. The Balaban J connectivity index is 1.36. The summed E-state index contributed by atoms with van der Waals surface area (Å²) in [6.07, 6.45) is 7.40. The zero-order valence-electron chi connectivity index (χ0n) is 20.3. The van der Waals surface area contributed by atoms with E-state index in [2.05, 4.69) is 29.2 Å². The summed E-state index contributed by atoms with van der Waals surface area (Å²) < 4.78 is 18.3. The Hall–Kier alpha value is -2.64. The van der Waals surface area contributed by atoms with Gasteiger partial charge in [-0.15, -0.1) is 11.3 Å². The van der Waals surface area contributed by atoms with Crippen molar-refractivity contribution in [3.63, 3.8) is 0 Å². The molecule has 3 aliphatic rings. The van der Waals surface area contributed by atoms with Crippen molar-refractivity contribution >= 4 is 27.0 Å². The number of methoxy groups -OCH3 is 2. The topological polar surface area (TPSA) is 51.2 Å². The molecule has 182 valence electrons. The maximum Gasteiger partial charge on any atom is 0.139 e. The summed E-state index contributed by atoms with van der Waals surface area (Å²) in [5.74, 6) is 1.66. The van der Waals surface area contributed by atoms with Crippen molar-refractivity contribution in [2.75, 3.05) is 40.5 Å². The molecule has 1 fully saturated rings. The summed E-state index contributed by atoms with van der Waals surface area (Å²) >= 11 is 1.71. The van der Waals surface area contributed by atoms with Crippen molar-refractivity contribution < 1.29 is 19.3 Å². The van der Waals surface area contributed by atoms with Crippen LogP contribution in [0.25, 0.3) is 15.7 Å². The van der Waals surface area contributed by atoms with Crippen LogP contribution in [-0.4, -0.2) is 56.6 Å². The summed E-state index contributed by atoms with van der Waals surface area (Å²) in [6.45, 7) is 3.99. The zero-order chi connectivity index (χ0) is 24.0. The van der Waals surface area contributed by atoms with Crippen LogP contribution in [0.2, 0.25) is 0 Å². The highest BCUT2D eigenvalue weighted by atomic mass is 32.1. The van der Waals surface area contributed by atoms with E-state index in [1.54, 1.807) is 25.6 Å². The minimum atomic E-state index is -1.22. The first-order valence-corrected chi connectivity index (χ1v) is 13.2. The van der Waals surface area contributed by atoms with Crippen LogP contribution in [0, 0.1) is 0 Å². The van der Waals surface area contributed by atoms with E-state index in [9.17, 15) is 5.11 Å². The highest BCUT2D eigenvalue weighted by Crippen LogP contribution is 2.57. The molecule has 0 radical (unpaired) electrons. The molecule has 2 heterocycles. The standard InChI is InChI=1S/C29H31NO4S/c1-32-21-9-11-23-25(17-21)29(31,27-24-12-10-22(33-2)18-26(24)35-28(23)27)19-5-7-20(8-6-19)34-16-15-30-13-3-4-14-30/h5-12,18,21,31H,3-4,13-17H2,1-2H3. The molecule has 0 amide bonds. The van der Waals surface area contributed by atoms with E-state index >= 15 is 0 Å². The lowest BCUT2D eigenvalue weighted by atomic mass is 9.79. The second kappa shape index (κ2) is 9.10. The van der Waals surface area contributed by atoms with Gasteiger partial charge in [0.2, 0.25) is 0 Å². The van der Waals surface area contributed by atoms with Crippen molar-refractivity contribution in [3.05, 3.63) is 76.2 Å². The summed E-state index contributed by atoms with van der Waals surface area (Å²) in [4.78, 5) is 3.58. The van der Waals surface area contributed by atoms with Gasteiger partial charge >= 0.3 is 0 Å².